The first-order valence-corrected chi connectivity index (χ1v) is 33.0. The predicted octanol–water partition coefficient (Wildman–Crippen LogP) is 16.5. The SMILES string of the molecule is COCCOc1c2cc(C(C)(C)C)cc1Cc1cc(C(C)(C)C)cc(c1OCP(c1ccccc1)c1ccccc1)Cc1cc(C(C)(C)C)cc(c1OCCOC)Cc1cc(C(C)(C)C)cc(c1OCP(c1ccccc1)c1ccccc1)C2. The van der Waals surface area contributed by atoms with E-state index in [-0.39, 0.29) is 21.7 Å². The van der Waals surface area contributed by atoms with Gasteiger partial charge in [-0.2, -0.15) is 0 Å². The van der Waals surface area contributed by atoms with E-state index in [0.717, 1.165) is 67.5 Å². The zero-order valence-electron chi connectivity index (χ0n) is 52.6. The summed E-state index contributed by atoms with van der Waals surface area (Å²) in [4.78, 5) is 0. The second kappa shape index (κ2) is 27.0. The largest absolute Gasteiger partial charge is 0.491 e. The Hall–Kier alpha value is -6.26. The van der Waals surface area contributed by atoms with Crippen molar-refractivity contribution in [3.8, 4) is 23.0 Å². The molecule has 8 aromatic rings. The normalized spacial score (nSPS) is 13.0. The lowest BCUT2D eigenvalue weighted by molar-refractivity contribution is 0.145. The first-order chi connectivity index (χ1) is 40.1. The van der Waals surface area contributed by atoms with Crippen LogP contribution in [-0.2, 0) is 56.8 Å². The molecular formula is C76H90O6P2. The van der Waals surface area contributed by atoms with Crippen molar-refractivity contribution in [3.05, 3.63) is 237 Å². The minimum atomic E-state index is -0.916. The molecule has 8 aromatic carbocycles. The van der Waals surface area contributed by atoms with Gasteiger partial charge in [-0.15, -0.1) is 0 Å². The maximum atomic E-state index is 7.66. The molecule has 8 heteroatoms. The molecule has 1 aliphatic carbocycles. The van der Waals surface area contributed by atoms with Crippen LogP contribution in [0.4, 0.5) is 0 Å². The molecular weight excluding hydrogens is 1070 g/mol. The molecule has 0 amide bonds. The van der Waals surface area contributed by atoms with Crippen LogP contribution < -0.4 is 40.2 Å². The van der Waals surface area contributed by atoms with Gasteiger partial charge in [-0.05, 0) is 125 Å². The van der Waals surface area contributed by atoms with Crippen LogP contribution in [0.15, 0.2) is 170 Å². The minimum Gasteiger partial charge on any atom is -0.491 e. The van der Waals surface area contributed by atoms with Gasteiger partial charge >= 0.3 is 0 Å². The lowest BCUT2D eigenvalue weighted by Gasteiger charge is -2.30. The monoisotopic (exact) mass is 1160 g/mol. The van der Waals surface area contributed by atoms with Crippen molar-refractivity contribution in [1.82, 2.24) is 0 Å². The van der Waals surface area contributed by atoms with E-state index in [4.69, 9.17) is 28.4 Å². The second-order valence-electron chi connectivity index (χ2n) is 26.6. The van der Waals surface area contributed by atoms with Gasteiger partial charge in [0, 0.05) is 39.9 Å². The van der Waals surface area contributed by atoms with Gasteiger partial charge in [0.1, 0.15) is 48.9 Å². The van der Waals surface area contributed by atoms with E-state index >= 15 is 0 Å². The van der Waals surface area contributed by atoms with E-state index in [1.54, 1.807) is 14.2 Å². The zero-order chi connectivity index (χ0) is 59.8. The number of hydrogen-bond donors (Lipinski definition) is 0. The Labute approximate surface area is 506 Å². The quantitative estimate of drug-likeness (QED) is 0.0630. The molecule has 84 heavy (non-hydrogen) atoms. The number of fused-ring (bicyclic) bond motifs is 8. The Morgan fingerprint density at radius 2 is 0.488 bits per heavy atom. The average Bonchev–Trinajstić information content (AvgIpc) is 1.97. The Morgan fingerprint density at radius 3 is 0.679 bits per heavy atom. The molecule has 0 saturated carbocycles. The van der Waals surface area contributed by atoms with Crippen molar-refractivity contribution in [1.29, 1.82) is 0 Å². The van der Waals surface area contributed by atoms with Crippen molar-refractivity contribution in [2.75, 3.05) is 53.3 Å². The van der Waals surface area contributed by atoms with Gasteiger partial charge in [0.25, 0.3) is 0 Å². The molecule has 0 N–H and O–H groups in total. The van der Waals surface area contributed by atoms with Crippen molar-refractivity contribution in [3.63, 3.8) is 0 Å². The first kappa shape index (κ1) is 62.3. The van der Waals surface area contributed by atoms with Gasteiger partial charge in [0.05, 0.1) is 13.2 Å². The first-order valence-electron chi connectivity index (χ1n) is 30.0. The van der Waals surface area contributed by atoms with Crippen LogP contribution in [0.5, 0.6) is 23.0 Å². The molecule has 0 unspecified atom stereocenters. The molecule has 0 radical (unpaired) electrons. The van der Waals surface area contributed by atoms with Crippen LogP contribution in [0.3, 0.4) is 0 Å². The fourth-order valence-electron chi connectivity index (χ4n) is 11.1. The third-order valence-corrected chi connectivity index (χ3v) is 20.4. The van der Waals surface area contributed by atoms with Crippen LogP contribution in [0.1, 0.15) is 150 Å². The van der Waals surface area contributed by atoms with E-state index in [0.29, 0.717) is 64.8 Å². The summed E-state index contributed by atoms with van der Waals surface area (Å²) in [5, 5.41) is 5.09. The van der Waals surface area contributed by atoms with E-state index in [1.807, 2.05) is 0 Å². The van der Waals surface area contributed by atoms with E-state index in [2.05, 4.69) is 253 Å². The molecule has 0 spiro atoms. The predicted molar refractivity (Wildman–Crippen MR) is 356 cm³/mol. The molecule has 1 aliphatic rings. The summed E-state index contributed by atoms with van der Waals surface area (Å²) in [6.07, 6.45) is 3.27. The highest BCUT2D eigenvalue weighted by atomic mass is 31.1. The van der Waals surface area contributed by atoms with Gasteiger partial charge in [-0.25, -0.2) is 0 Å². The van der Waals surface area contributed by atoms with Crippen LogP contribution in [0.2, 0.25) is 0 Å². The lowest BCUT2D eigenvalue weighted by atomic mass is 9.79. The zero-order valence-corrected chi connectivity index (χ0v) is 54.4. The fourth-order valence-corrected chi connectivity index (χ4v) is 14.9. The van der Waals surface area contributed by atoms with Gasteiger partial charge in [0.15, 0.2) is 0 Å². The molecule has 6 nitrogen and oxygen atoms in total. The fraction of sp³-hybridized carbons (Fsp3) is 0.368. The van der Waals surface area contributed by atoms with Crippen molar-refractivity contribution in [2.24, 2.45) is 0 Å². The third kappa shape index (κ3) is 15.4. The summed E-state index contributed by atoms with van der Waals surface area (Å²) in [6.45, 7) is 29.6. The van der Waals surface area contributed by atoms with E-state index < -0.39 is 15.8 Å². The molecule has 0 heterocycles. The Bertz CT molecular complexity index is 3050. The smallest absolute Gasteiger partial charge is 0.126 e. The summed E-state index contributed by atoms with van der Waals surface area (Å²) in [5.41, 5.74) is 13.2. The standard InChI is InChI=1S/C76H90O6P2/c1-73(2,3)61-43-53-39-57-47-63(75(7,8)9)49-59(71(57)81-51-83(65-27-19-15-20-28-65)66-29-21-16-22-30-66)41-55-45-62(74(4,5)6)46-56(70(55)80-38-36-78-14)42-60-50-64(76(10,11)12)48-58(40-54(44-61)69(53)79-37-35-77-13)72(60)82-52-84(67-31-23-17-24-32-67)68-33-25-18-26-34-68/h15-34,43-50H,35-42,51-52H2,1-14H3. The summed E-state index contributed by atoms with van der Waals surface area (Å²) >= 11 is 0. The molecule has 0 atom stereocenters. The summed E-state index contributed by atoms with van der Waals surface area (Å²) in [7, 11) is 1.66. The summed E-state index contributed by atoms with van der Waals surface area (Å²) < 4.78 is 41.2. The number of ether oxygens (including phenoxy) is 6. The highest BCUT2D eigenvalue weighted by Crippen LogP contribution is 2.46. The lowest BCUT2D eigenvalue weighted by Crippen LogP contribution is -2.20. The van der Waals surface area contributed by atoms with Gasteiger partial charge in [0.2, 0.25) is 0 Å². The molecule has 440 valence electrons. The van der Waals surface area contributed by atoms with Gasteiger partial charge in [-0.3, -0.25) is 0 Å². The molecule has 0 saturated heterocycles. The van der Waals surface area contributed by atoms with E-state index in [1.165, 1.54) is 43.5 Å². The average molecular weight is 1160 g/mol. The van der Waals surface area contributed by atoms with Gasteiger partial charge < -0.3 is 28.4 Å². The third-order valence-electron chi connectivity index (χ3n) is 16.0. The molecule has 9 rings (SSSR count). The second-order valence-corrected chi connectivity index (χ2v) is 30.9. The number of rotatable bonds is 18. The van der Waals surface area contributed by atoms with Crippen LogP contribution in [0.25, 0.3) is 0 Å². The highest BCUT2D eigenvalue weighted by molar-refractivity contribution is 7.73. The highest BCUT2D eigenvalue weighted by Gasteiger charge is 2.31. The van der Waals surface area contributed by atoms with Crippen LogP contribution in [0, 0.1) is 0 Å². The number of benzene rings is 8. The van der Waals surface area contributed by atoms with Gasteiger partial charge in [-0.1, -0.05) is 253 Å². The van der Waals surface area contributed by atoms with Crippen LogP contribution >= 0.6 is 15.8 Å². The summed E-state index contributed by atoms with van der Waals surface area (Å²) in [6, 6.07) is 63.0. The molecule has 0 aromatic heterocycles. The maximum Gasteiger partial charge on any atom is 0.126 e. The maximum absolute atomic E-state index is 7.66. The Kier molecular flexibility index (Phi) is 20.0. The Morgan fingerprint density at radius 1 is 0.286 bits per heavy atom. The van der Waals surface area contributed by atoms with Crippen molar-refractivity contribution in [2.45, 2.75) is 130 Å². The number of hydrogen-bond acceptors (Lipinski definition) is 6. The number of methoxy groups -OCH3 is 2. The van der Waals surface area contributed by atoms with Crippen molar-refractivity contribution < 1.29 is 28.4 Å². The molecule has 8 bridgehead atoms. The van der Waals surface area contributed by atoms with Crippen LogP contribution in [-0.4, -0.2) is 53.3 Å². The summed E-state index contributed by atoms with van der Waals surface area (Å²) in [5.74, 6) is 3.59. The Balaban J connectivity index is 1.37. The molecule has 0 fully saturated rings. The minimum absolute atomic E-state index is 0.193. The van der Waals surface area contributed by atoms with E-state index in [9.17, 15) is 0 Å². The molecule has 0 aliphatic heterocycles. The van der Waals surface area contributed by atoms with Crippen molar-refractivity contribution >= 4 is 37.1 Å². The topological polar surface area (TPSA) is 55.4 Å².